The largest absolute Gasteiger partial charge is 0.508 e. The first-order valence-electron chi connectivity index (χ1n) is 7.55. The molecule has 1 aromatic carbocycles. The third-order valence-electron chi connectivity index (χ3n) is 3.71. The Morgan fingerprint density at radius 3 is 2.32 bits per heavy atom. The summed E-state index contributed by atoms with van der Waals surface area (Å²) in [5.74, 6) is -1.27. The van der Waals surface area contributed by atoms with Crippen molar-refractivity contribution in [3.63, 3.8) is 0 Å². The van der Waals surface area contributed by atoms with Gasteiger partial charge in [0.2, 0.25) is 5.91 Å². The average Bonchev–Trinajstić information content (AvgIpc) is 2.42. The molecule has 0 spiro atoms. The van der Waals surface area contributed by atoms with Gasteiger partial charge in [0.1, 0.15) is 11.8 Å². The molecule has 0 saturated carbocycles. The fraction of sp³-hybridized carbons (Fsp3) is 0.529. The summed E-state index contributed by atoms with van der Waals surface area (Å²) in [6.07, 6.45) is 1.45. The lowest BCUT2D eigenvalue weighted by Crippen LogP contribution is -2.41. The molecule has 0 aromatic heterocycles. The number of amides is 1. The molecule has 0 fully saturated rings. The summed E-state index contributed by atoms with van der Waals surface area (Å²) in [6, 6.07) is 4.23. The maximum Gasteiger partial charge on any atom is 0.325 e. The third-order valence-corrected chi connectivity index (χ3v) is 3.71. The van der Waals surface area contributed by atoms with E-state index in [1.54, 1.807) is 19.1 Å². The molecule has 3 N–H and O–H groups in total. The molecule has 0 heterocycles. The van der Waals surface area contributed by atoms with Crippen molar-refractivity contribution < 1.29 is 19.8 Å². The number of carboxylic acids is 1. The fourth-order valence-corrected chi connectivity index (χ4v) is 2.17. The molecule has 1 unspecified atom stereocenters. The average molecular weight is 307 g/mol. The summed E-state index contributed by atoms with van der Waals surface area (Å²) >= 11 is 0. The van der Waals surface area contributed by atoms with Crippen LogP contribution in [-0.4, -0.2) is 28.1 Å². The third kappa shape index (κ3) is 5.06. The van der Waals surface area contributed by atoms with Crippen LogP contribution in [-0.2, 0) is 9.59 Å². The minimum Gasteiger partial charge on any atom is -0.508 e. The van der Waals surface area contributed by atoms with E-state index in [2.05, 4.69) is 19.2 Å². The number of hydrogen-bond acceptors (Lipinski definition) is 3. The van der Waals surface area contributed by atoms with Crippen molar-refractivity contribution >= 4 is 11.9 Å². The van der Waals surface area contributed by atoms with Crippen molar-refractivity contribution in [2.45, 2.75) is 52.5 Å². The van der Waals surface area contributed by atoms with Crippen molar-refractivity contribution in [1.29, 1.82) is 0 Å². The van der Waals surface area contributed by atoms with E-state index in [0.717, 1.165) is 12.0 Å². The lowest BCUT2D eigenvalue weighted by Gasteiger charge is -2.20. The standard InChI is InChI=1S/C17H25NO4/c1-10(2)5-8-14(16(20)18-12(4)17(21)22)13-7-6-11(3)15(19)9-13/h6-7,9-10,12,14,19H,5,8H2,1-4H3,(H,18,20)(H,21,22)/t12-,14?/m0/s1. The zero-order valence-electron chi connectivity index (χ0n) is 13.6. The highest BCUT2D eigenvalue weighted by atomic mass is 16.4. The summed E-state index contributed by atoms with van der Waals surface area (Å²) in [7, 11) is 0. The van der Waals surface area contributed by atoms with Crippen LogP contribution in [0.5, 0.6) is 5.75 Å². The first-order chi connectivity index (χ1) is 10.2. The number of aromatic hydroxyl groups is 1. The van der Waals surface area contributed by atoms with Crippen LogP contribution in [0, 0.1) is 12.8 Å². The number of aliphatic carboxylic acids is 1. The Bertz CT molecular complexity index is 539. The van der Waals surface area contributed by atoms with E-state index in [1.165, 1.54) is 6.92 Å². The molecule has 122 valence electrons. The van der Waals surface area contributed by atoms with E-state index < -0.39 is 17.9 Å². The number of carboxylic acid groups (broad SMARTS) is 1. The van der Waals surface area contributed by atoms with Crippen molar-refractivity contribution in [3.05, 3.63) is 29.3 Å². The van der Waals surface area contributed by atoms with E-state index in [9.17, 15) is 14.7 Å². The first-order valence-corrected chi connectivity index (χ1v) is 7.55. The summed E-state index contributed by atoms with van der Waals surface area (Å²) in [5, 5.41) is 21.3. The minimum absolute atomic E-state index is 0.145. The van der Waals surface area contributed by atoms with Gasteiger partial charge in [-0.05, 0) is 49.8 Å². The maximum atomic E-state index is 12.4. The van der Waals surface area contributed by atoms with Gasteiger partial charge in [0.05, 0.1) is 5.92 Å². The first kappa shape index (κ1) is 18.0. The van der Waals surface area contributed by atoms with Crippen molar-refractivity contribution in [2.75, 3.05) is 0 Å². The predicted octanol–water partition coefficient (Wildman–Crippen LogP) is 2.81. The molecule has 0 aliphatic rings. The molecule has 0 bridgehead atoms. The van der Waals surface area contributed by atoms with Crippen molar-refractivity contribution in [2.24, 2.45) is 5.92 Å². The van der Waals surface area contributed by atoms with E-state index in [-0.39, 0.29) is 11.7 Å². The molecule has 0 radical (unpaired) electrons. The molecule has 0 aliphatic carbocycles. The van der Waals surface area contributed by atoms with E-state index in [4.69, 9.17) is 5.11 Å². The normalized spacial score (nSPS) is 13.7. The SMILES string of the molecule is Cc1ccc(C(CCC(C)C)C(=O)N[C@@H](C)C(=O)O)cc1O. The van der Waals surface area contributed by atoms with Crippen molar-refractivity contribution in [3.8, 4) is 5.75 Å². The lowest BCUT2D eigenvalue weighted by molar-refractivity contribution is -0.141. The van der Waals surface area contributed by atoms with Gasteiger partial charge in [0, 0.05) is 0 Å². The topological polar surface area (TPSA) is 86.6 Å². The molecule has 1 aromatic rings. The van der Waals surface area contributed by atoms with Crippen LogP contribution in [0.25, 0.3) is 0 Å². The van der Waals surface area contributed by atoms with Crippen LogP contribution < -0.4 is 5.32 Å². The second kappa shape index (κ2) is 7.82. The zero-order valence-corrected chi connectivity index (χ0v) is 13.6. The summed E-state index contributed by atoms with van der Waals surface area (Å²) in [5.41, 5.74) is 1.45. The Morgan fingerprint density at radius 1 is 1.18 bits per heavy atom. The van der Waals surface area contributed by atoms with Gasteiger partial charge < -0.3 is 15.5 Å². The van der Waals surface area contributed by atoms with E-state index >= 15 is 0 Å². The fourth-order valence-electron chi connectivity index (χ4n) is 2.17. The molecule has 1 rings (SSSR count). The molecular formula is C17H25NO4. The molecule has 5 heteroatoms. The van der Waals surface area contributed by atoms with Gasteiger partial charge in [0.15, 0.2) is 0 Å². The summed E-state index contributed by atoms with van der Waals surface area (Å²) < 4.78 is 0. The van der Waals surface area contributed by atoms with Crippen LogP contribution in [0.1, 0.15) is 50.7 Å². The Kier molecular flexibility index (Phi) is 6.40. The number of carbonyl (C=O) groups is 2. The Balaban J connectivity index is 2.98. The highest BCUT2D eigenvalue weighted by molar-refractivity contribution is 5.88. The number of carbonyl (C=O) groups excluding carboxylic acids is 1. The Morgan fingerprint density at radius 2 is 1.82 bits per heavy atom. The molecule has 2 atom stereocenters. The number of phenols is 1. The van der Waals surface area contributed by atoms with Crippen LogP contribution in [0.15, 0.2) is 18.2 Å². The van der Waals surface area contributed by atoms with Gasteiger partial charge in [-0.3, -0.25) is 9.59 Å². The quantitative estimate of drug-likeness (QED) is 0.723. The zero-order chi connectivity index (χ0) is 16.9. The highest BCUT2D eigenvalue weighted by Gasteiger charge is 2.24. The molecule has 0 aliphatic heterocycles. The lowest BCUT2D eigenvalue weighted by atomic mass is 9.89. The van der Waals surface area contributed by atoms with Gasteiger partial charge in [0.25, 0.3) is 0 Å². The van der Waals surface area contributed by atoms with Crippen LogP contribution in [0.4, 0.5) is 0 Å². The van der Waals surface area contributed by atoms with Gasteiger partial charge in [-0.2, -0.15) is 0 Å². The number of rotatable bonds is 7. The second-order valence-corrected chi connectivity index (χ2v) is 6.14. The Hall–Kier alpha value is -2.04. The van der Waals surface area contributed by atoms with Crippen LogP contribution >= 0.6 is 0 Å². The number of nitrogens with one attached hydrogen (secondary N) is 1. The highest BCUT2D eigenvalue weighted by Crippen LogP contribution is 2.28. The predicted molar refractivity (Wildman–Crippen MR) is 84.9 cm³/mol. The minimum atomic E-state index is -1.07. The number of hydrogen-bond donors (Lipinski definition) is 3. The molecule has 5 nitrogen and oxygen atoms in total. The molecular weight excluding hydrogens is 282 g/mol. The molecule has 22 heavy (non-hydrogen) atoms. The van der Waals surface area contributed by atoms with Gasteiger partial charge in [-0.1, -0.05) is 26.0 Å². The number of benzene rings is 1. The Labute approximate surface area is 131 Å². The van der Waals surface area contributed by atoms with Gasteiger partial charge in [-0.15, -0.1) is 0 Å². The number of aryl methyl sites for hydroxylation is 1. The van der Waals surface area contributed by atoms with Gasteiger partial charge in [-0.25, -0.2) is 0 Å². The molecule has 1 amide bonds. The van der Waals surface area contributed by atoms with E-state index in [1.807, 2.05) is 6.07 Å². The maximum absolute atomic E-state index is 12.4. The summed E-state index contributed by atoms with van der Waals surface area (Å²) in [4.78, 5) is 23.3. The summed E-state index contributed by atoms with van der Waals surface area (Å²) in [6.45, 7) is 7.37. The van der Waals surface area contributed by atoms with Crippen LogP contribution in [0.3, 0.4) is 0 Å². The smallest absolute Gasteiger partial charge is 0.325 e. The monoisotopic (exact) mass is 307 g/mol. The van der Waals surface area contributed by atoms with E-state index in [0.29, 0.717) is 17.9 Å². The second-order valence-electron chi connectivity index (χ2n) is 6.14. The number of phenolic OH excluding ortho intramolecular Hbond substituents is 1. The van der Waals surface area contributed by atoms with Crippen molar-refractivity contribution in [1.82, 2.24) is 5.32 Å². The van der Waals surface area contributed by atoms with Gasteiger partial charge >= 0.3 is 5.97 Å². The molecule has 0 saturated heterocycles. The van der Waals surface area contributed by atoms with Crippen LogP contribution in [0.2, 0.25) is 0 Å².